The predicted octanol–water partition coefficient (Wildman–Crippen LogP) is 8.25. The number of benzene rings is 2. The molecule has 0 spiro atoms. The summed E-state index contributed by atoms with van der Waals surface area (Å²) in [4.78, 5) is 44.8. The zero-order chi connectivity index (χ0) is 39.7. The summed E-state index contributed by atoms with van der Waals surface area (Å²) in [5.74, 6) is -4.24. The summed E-state index contributed by atoms with van der Waals surface area (Å²) in [6.45, 7) is 5.36. The number of nitrogens with one attached hydrogen (secondary N) is 3. The van der Waals surface area contributed by atoms with E-state index in [1.807, 2.05) is 0 Å². The third-order valence-electron chi connectivity index (χ3n) is 10.0. The number of aromatic nitrogens is 2. The molecule has 0 atom stereocenters. The van der Waals surface area contributed by atoms with E-state index in [9.17, 15) is 40.7 Å². The van der Waals surface area contributed by atoms with Crippen LogP contribution in [0.5, 0.6) is 0 Å². The molecule has 5 rings (SSSR count). The van der Waals surface area contributed by atoms with E-state index < -0.39 is 47.5 Å². The highest BCUT2D eigenvalue weighted by Crippen LogP contribution is 2.41. The Morgan fingerprint density at radius 3 is 2.09 bits per heavy atom. The second-order valence-corrected chi connectivity index (χ2v) is 15.8. The highest BCUT2D eigenvalue weighted by atomic mass is 35.5. The molecular weight excluding hydrogens is 763 g/mol. The number of rotatable bonds is 10. The molecule has 1 aliphatic heterocycles. The van der Waals surface area contributed by atoms with Gasteiger partial charge in [0.15, 0.2) is 0 Å². The molecule has 2 fully saturated rings. The average Bonchev–Trinajstić information content (AvgIpc) is 3.42. The summed E-state index contributed by atoms with van der Waals surface area (Å²) in [7, 11) is 0. The van der Waals surface area contributed by atoms with E-state index >= 15 is 0 Å². The van der Waals surface area contributed by atoms with Crippen molar-refractivity contribution in [2.45, 2.75) is 97.2 Å². The van der Waals surface area contributed by atoms with Crippen molar-refractivity contribution in [3.05, 3.63) is 45.4 Å². The normalized spacial score (nSPS) is 18.8. The van der Waals surface area contributed by atoms with Crippen LogP contribution in [0.4, 0.5) is 43.7 Å². The number of primary amides is 1. The zero-order valence-corrected chi connectivity index (χ0v) is 31.5. The largest absolute Gasteiger partial charge is 0.391 e. The number of piperidine rings is 1. The lowest BCUT2D eigenvalue weighted by Gasteiger charge is -2.35. The molecule has 1 saturated heterocycles. The van der Waals surface area contributed by atoms with Crippen LogP contribution in [-0.4, -0.2) is 58.8 Å². The first-order valence-electron chi connectivity index (χ1n) is 17.7. The van der Waals surface area contributed by atoms with Gasteiger partial charge < -0.3 is 31.2 Å². The molecular formula is C36H43Cl2F6N7O3. The predicted molar refractivity (Wildman–Crippen MR) is 195 cm³/mol. The average molecular weight is 807 g/mol. The number of carbonyl (C=O) groups excluding carboxylic acids is 3. The molecule has 3 aromatic rings. The Kier molecular flexibility index (Phi) is 12.3. The van der Waals surface area contributed by atoms with Gasteiger partial charge in [0.05, 0.1) is 49.9 Å². The van der Waals surface area contributed by atoms with Crippen LogP contribution in [0.15, 0.2) is 24.3 Å². The van der Waals surface area contributed by atoms with Gasteiger partial charge >= 0.3 is 12.4 Å². The molecule has 296 valence electrons. The maximum absolute atomic E-state index is 13.9. The molecule has 10 nitrogen and oxygen atoms in total. The first-order chi connectivity index (χ1) is 25.1. The van der Waals surface area contributed by atoms with Crippen molar-refractivity contribution in [1.29, 1.82) is 0 Å². The van der Waals surface area contributed by atoms with Crippen LogP contribution >= 0.6 is 23.2 Å². The molecule has 54 heavy (non-hydrogen) atoms. The van der Waals surface area contributed by atoms with Crippen LogP contribution in [-0.2, 0) is 22.7 Å². The quantitative estimate of drug-likeness (QED) is 0.153. The van der Waals surface area contributed by atoms with E-state index in [-0.39, 0.29) is 110 Å². The Hall–Kier alpha value is -3.92. The number of alkyl halides is 6. The maximum Gasteiger partial charge on any atom is 0.391 e. The molecule has 3 amide bonds. The molecule has 2 aromatic carbocycles. The number of halogens is 8. The number of amides is 3. The van der Waals surface area contributed by atoms with Crippen molar-refractivity contribution >= 4 is 69.3 Å². The molecule has 5 N–H and O–H groups in total. The van der Waals surface area contributed by atoms with Gasteiger partial charge in [-0.1, -0.05) is 50.0 Å². The SMILES string of the molecule is CC(C)(C)C(=O)NCc1ccc(Cl)c(Nc2nc3cc(C(=O)N[C@H]4CC[C@H](C(F)(F)F)CC4)c(N4CCC(C(F)(F)F)CC4)cc3n2CCC(N)=O)c1Cl. The number of hydrogen-bond acceptors (Lipinski definition) is 6. The number of hydrogen-bond donors (Lipinski definition) is 4. The highest BCUT2D eigenvalue weighted by molar-refractivity contribution is 6.39. The molecule has 2 heterocycles. The standard InChI is InChI=1S/C36H43Cl2F6N7O3/c1-34(2,3)32(54)46-18-19-4-9-24(37)30(29(19)38)49-33-48-25-16-23(31(53)47-22-7-5-20(6-8-22)35(39,40)41)26(17-27(25)51(33)15-12-28(45)52)50-13-10-21(11-14-50)36(42,43)44/h4,9,16-17,20-22H,5-8,10-15,18H2,1-3H3,(H2,45,52)(H,46,54)(H,47,53)(H,48,49)/t20-,22-. The van der Waals surface area contributed by atoms with Crippen LogP contribution in [0.25, 0.3) is 11.0 Å². The minimum atomic E-state index is -4.38. The fourth-order valence-corrected chi connectivity index (χ4v) is 7.35. The third-order valence-corrected chi connectivity index (χ3v) is 10.8. The highest BCUT2D eigenvalue weighted by Gasteiger charge is 2.43. The minimum Gasteiger partial charge on any atom is -0.371 e. The molecule has 0 bridgehead atoms. The molecule has 1 aromatic heterocycles. The smallest absolute Gasteiger partial charge is 0.371 e. The summed E-state index contributed by atoms with van der Waals surface area (Å²) in [6.07, 6.45) is -9.30. The van der Waals surface area contributed by atoms with E-state index in [2.05, 4.69) is 16.0 Å². The van der Waals surface area contributed by atoms with E-state index in [0.29, 0.717) is 16.8 Å². The van der Waals surface area contributed by atoms with Gasteiger partial charge in [-0.3, -0.25) is 14.4 Å². The van der Waals surface area contributed by atoms with Gasteiger partial charge in [-0.2, -0.15) is 26.3 Å². The number of aryl methyl sites for hydroxylation is 1. The van der Waals surface area contributed by atoms with Crippen LogP contribution in [0.3, 0.4) is 0 Å². The minimum absolute atomic E-state index is 0.00825. The van der Waals surface area contributed by atoms with Crippen LogP contribution < -0.4 is 26.6 Å². The fraction of sp³-hybridized carbons (Fsp3) is 0.556. The van der Waals surface area contributed by atoms with Crippen molar-refractivity contribution in [1.82, 2.24) is 20.2 Å². The zero-order valence-electron chi connectivity index (χ0n) is 30.0. The number of anilines is 3. The Labute approximate surface area is 318 Å². The number of imidazole rings is 1. The first kappa shape index (κ1) is 41.2. The Balaban J connectivity index is 1.53. The van der Waals surface area contributed by atoms with Gasteiger partial charge in [0, 0.05) is 44.1 Å². The summed E-state index contributed by atoms with van der Waals surface area (Å²) in [5, 5.41) is 9.19. The second-order valence-electron chi connectivity index (χ2n) is 15.0. The summed E-state index contributed by atoms with van der Waals surface area (Å²) in [6, 6.07) is 5.79. The fourth-order valence-electron chi connectivity index (χ4n) is 6.82. The van der Waals surface area contributed by atoms with Crippen molar-refractivity contribution in [2.24, 2.45) is 23.0 Å². The van der Waals surface area contributed by atoms with Crippen molar-refractivity contribution in [2.75, 3.05) is 23.3 Å². The summed E-state index contributed by atoms with van der Waals surface area (Å²) in [5.41, 5.74) is 6.70. The van der Waals surface area contributed by atoms with E-state index in [0.717, 1.165) is 0 Å². The summed E-state index contributed by atoms with van der Waals surface area (Å²) >= 11 is 13.4. The van der Waals surface area contributed by atoms with Crippen molar-refractivity contribution in [3.63, 3.8) is 0 Å². The number of nitrogens with two attached hydrogens (primary N) is 1. The van der Waals surface area contributed by atoms with Gasteiger partial charge in [0.25, 0.3) is 5.91 Å². The van der Waals surface area contributed by atoms with E-state index in [4.69, 9.17) is 33.9 Å². The second kappa shape index (κ2) is 16.0. The van der Waals surface area contributed by atoms with Gasteiger partial charge in [0.1, 0.15) is 0 Å². The molecule has 1 saturated carbocycles. The molecule has 0 radical (unpaired) electrons. The maximum atomic E-state index is 13.9. The van der Waals surface area contributed by atoms with Gasteiger partial charge in [-0.15, -0.1) is 0 Å². The summed E-state index contributed by atoms with van der Waals surface area (Å²) < 4.78 is 82.3. The van der Waals surface area contributed by atoms with Crippen LogP contribution in [0.2, 0.25) is 10.0 Å². The Morgan fingerprint density at radius 1 is 0.907 bits per heavy atom. The molecule has 18 heteroatoms. The van der Waals surface area contributed by atoms with Crippen molar-refractivity contribution < 1.29 is 40.7 Å². The third kappa shape index (κ3) is 9.65. The van der Waals surface area contributed by atoms with Crippen LogP contribution in [0.1, 0.15) is 81.6 Å². The number of carbonyl (C=O) groups is 3. The molecule has 2 aliphatic rings. The van der Waals surface area contributed by atoms with Crippen molar-refractivity contribution in [3.8, 4) is 0 Å². The molecule has 1 aliphatic carbocycles. The lowest BCUT2D eigenvalue weighted by molar-refractivity contribution is -0.182. The number of fused-ring (bicyclic) bond motifs is 1. The molecule has 0 unspecified atom stereocenters. The Bertz CT molecular complexity index is 1880. The lowest BCUT2D eigenvalue weighted by atomic mass is 9.85. The van der Waals surface area contributed by atoms with E-state index in [1.54, 1.807) is 48.4 Å². The van der Waals surface area contributed by atoms with Gasteiger partial charge in [-0.25, -0.2) is 4.98 Å². The first-order valence-corrected chi connectivity index (χ1v) is 18.4. The van der Waals surface area contributed by atoms with Gasteiger partial charge in [-0.05, 0) is 62.3 Å². The monoisotopic (exact) mass is 805 g/mol. The van der Waals surface area contributed by atoms with E-state index in [1.165, 1.54) is 6.07 Å². The van der Waals surface area contributed by atoms with Gasteiger partial charge in [0.2, 0.25) is 17.8 Å². The van der Waals surface area contributed by atoms with Crippen LogP contribution in [0, 0.1) is 17.3 Å². The Morgan fingerprint density at radius 2 is 1.52 bits per heavy atom. The topological polar surface area (TPSA) is 134 Å². The number of nitrogens with zero attached hydrogens (tertiary/aromatic N) is 3. The lowest BCUT2D eigenvalue weighted by Crippen LogP contribution is -2.42.